The Morgan fingerprint density at radius 3 is 2.13 bits per heavy atom. The van der Waals surface area contributed by atoms with Crippen molar-refractivity contribution in [2.75, 3.05) is 0 Å². The fraction of sp³-hybridized carbons (Fsp3) is 0.310. The minimum absolute atomic E-state index is 0.0769. The zero-order valence-electron chi connectivity index (χ0n) is 19.7. The lowest BCUT2D eigenvalue weighted by Crippen LogP contribution is -2.44. The van der Waals surface area contributed by atoms with Gasteiger partial charge in [-0.3, -0.25) is 0 Å². The average molecular weight is 427 g/mol. The molecule has 3 aromatic rings. The highest BCUT2D eigenvalue weighted by Crippen LogP contribution is 2.46. The first-order valence-corrected chi connectivity index (χ1v) is 14.2. The second kappa shape index (κ2) is 8.25. The Kier molecular flexibility index (Phi) is 5.80. The van der Waals surface area contributed by atoms with Crippen LogP contribution in [-0.2, 0) is 10.8 Å². The molecule has 0 saturated heterocycles. The van der Waals surface area contributed by atoms with Crippen molar-refractivity contribution >= 4 is 19.5 Å². The minimum Gasteiger partial charge on any atom is -0.410 e. The first-order chi connectivity index (χ1) is 14.7. The van der Waals surface area contributed by atoms with Gasteiger partial charge in [-0.05, 0) is 64.0 Å². The van der Waals surface area contributed by atoms with E-state index in [0.717, 1.165) is 6.42 Å². The van der Waals surface area contributed by atoms with Gasteiger partial charge in [0.25, 0.3) is 0 Å². The molecule has 0 amide bonds. The number of hydrogen-bond donors (Lipinski definition) is 0. The van der Waals surface area contributed by atoms with E-state index in [9.17, 15) is 0 Å². The Morgan fingerprint density at radius 1 is 0.839 bits per heavy atom. The number of aryl methyl sites for hydroxylation is 1. The Morgan fingerprint density at radius 2 is 1.45 bits per heavy atom. The zero-order chi connectivity index (χ0) is 22.2. The van der Waals surface area contributed by atoms with Crippen molar-refractivity contribution in [1.29, 1.82) is 0 Å². The Balaban J connectivity index is 1.99. The van der Waals surface area contributed by atoms with E-state index >= 15 is 0 Å². The minimum atomic E-state index is -1.95. The molecule has 0 aliphatic heterocycles. The van der Waals surface area contributed by atoms with E-state index in [4.69, 9.17) is 4.43 Å². The van der Waals surface area contributed by atoms with Crippen LogP contribution < -0.4 is 0 Å². The highest BCUT2D eigenvalue weighted by molar-refractivity contribution is 6.74. The standard InChI is InChI=1S/C29H34OSi/c1-21-14-10-12-18-24(21)27(22-15-8-7-9-16-22)28-25-19-13-11-17-23(25)20-26(28)30-31(5,6)29(2,3)4/h7-19,26H,20H2,1-6H3/b28-27+. The van der Waals surface area contributed by atoms with Crippen LogP contribution in [0.2, 0.25) is 18.1 Å². The van der Waals surface area contributed by atoms with Gasteiger partial charge in [0.2, 0.25) is 0 Å². The molecule has 1 atom stereocenters. The van der Waals surface area contributed by atoms with Gasteiger partial charge in [0.05, 0.1) is 6.10 Å². The Labute approximate surface area is 188 Å². The van der Waals surface area contributed by atoms with E-state index < -0.39 is 8.32 Å². The van der Waals surface area contributed by atoms with Crippen LogP contribution in [0.4, 0.5) is 0 Å². The van der Waals surface area contributed by atoms with Crippen molar-refractivity contribution in [2.24, 2.45) is 0 Å². The summed E-state index contributed by atoms with van der Waals surface area (Å²) < 4.78 is 7.10. The van der Waals surface area contributed by atoms with E-state index in [1.807, 2.05) is 0 Å². The van der Waals surface area contributed by atoms with Crippen LogP contribution in [0.3, 0.4) is 0 Å². The van der Waals surface area contributed by atoms with E-state index in [1.165, 1.54) is 39.0 Å². The third kappa shape index (κ3) is 4.20. The topological polar surface area (TPSA) is 9.23 Å². The maximum Gasteiger partial charge on any atom is 0.192 e. The van der Waals surface area contributed by atoms with E-state index in [0.29, 0.717) is 0 Å². The SMILES string of the molecule is Cc1ccccc1/C(=C1\c2ccccc2CC1O[Si](C)(C)C(C)(C)C)c1ccccc1. The zero-order valence-corrected chi connectivity index (χ0v) is 20.7. The molecular formula is C29H34OSi. The molecule has 1 unspecified atom stereocenters. The van der Waals surface area contributed by atoms with Crippen LogP contribution in [0.5, 0.6) is 0 Å². The number of benzene rings is 3. The summed E-state index contributed by atoms with van der Waals surface area (Å²) in [6.45, 7) is 13.9. The molecule has 0 saturated carbocycles. The fourth-order valence-corrected chi connectivity index (χ4v) is 5.55. The molecular weight excluding hydrogens is 392 g/mol. The fourth-order valence-electron chi connectivity index (χ4n) is 4.28. The largest absolute Gasteiger partial charge is 0.410 e. The van der Waals surface area contributed by atoms with Crippen LogP contribution in [0.15, 0.2) is 78.9 Å². The van der Waals surface area contributed by atoms with Crippen molar-refractivity contribution in [3.8, 4) is 0 Å². The van der Waals surface area contributed by atoms with Gasteiger partial charge in [0, 0.05) is 6.42 Å². The Bertz CT molecular complexity index is 1100. The quantitative estimate of drug-likeness (QED) is 0.385. The predicted octanol–water partition coefficient (Wildman–Crippen LogP) is 7.90. The maximum atomic E-state index is 7.10. The number of fused-ring (bicyclic) bond motifs is 1. The van der Waals surface area contributed by atoms with Gasteiger partial charge in [-0.15, -0.1) is 0 Å². The molecule has 0 heterocycles. The highest BCUT2D eigenvalue weighted by Gasteiger charge is 2.42. The van der Waals surface area contributed by atoms with Gasteiger partial charge >= 0.3 is 0 Å². The lowest BCUT2D eigenvalue weighted by Gasteiger charge is -2.39. The van der Waals surface area contributed by atoms with Crippen molar-refractivity contribution < 1.29 is 4.43 Å². The van der Waals surface area contributed by atoms with Gasteiger partial charge in [0.15, 0.2) is 8.32 Å². The number of rotatable bonds is 4. The van der Waals surface area contributed by atoms with Crippen molar-refractivity contribution in [2.45, 2.75) is 58.4 Å². The molecule has 0 aromatic heterocycles. The molecule has 1 aliphatic rings. The summed E-state index contributed by atoms with van der Waals surface area (Å²) in [5, 5.41) is 0.169. The molecule has 0 spiro atoms. The summed E-state index contributed by atoms with van der Waals surface area (Å²) in [4.78, 5) is 0. The molecule has 3 aromatic carbocycles. The Hall–Kier alpha value is -2.42. The predicted molar refractivity (Wildman–Crippen MR) is 136 cm³/mol. The van der Waals surface area contributed by atoms with Crippen LogP contribution >= 0.6 is 0 Å². The molecule has 0 bridgehead atoms. The molecule has 1 aliphatic carbocycles. The van der Waals surface area contributed by atoms with Crippen molar-refractivity contribution in [3.63, 3.8) is 0 Å². The van der Waals surface area contributed by atoms with Gasteiger partial charge in [-0.2, -0.15) is 0 Å². The summed E-state index contributed by atoms with van der Waals surface area (Å²) in [5.41, 5.74) is 9.24. The summed E-state index contributed by atoms with van der Waals surface area (Å²) in [6.07, 6.45) is 1.02. The lowest BCUT2D eigenvalue weighted by atomic mass is 9.87. The van der Waals surface area contributed by atoms with Crippen molar-refractivity contribution in [1.82, 2.24) is 0 Å². The van der Waals surface area contributed by atoms with Crippen LogP contribution in [0, 0.1) is 6.92 Å². The van der Waals surface area contributed by atoms with Crippen LogP contribution in [0.1, 0.15) is 48.6 Å². The molecule has 0 fully saturated rings. The lowest BCUT2D eigenvalue weighted by molar-refractivity contribution is 0.239. The highest BCUT2D eigenvalue weighted by atomic mass is 28.4. The van der Waals surface area contributed by atoms with Gasteiger partial charge in [-0.1, -0.05) is 99.6 Å². The third-order valence-corrected chi connectivity index (χ3v) is 11.5. The average Bonchev–Trinajstić information content (AvgIpc) is 3.07. The van der Waals surface area contributed by atoms with Crippen LogP contribution in [-0.4, -0.2) is 14.4 Å². The van der Waals surface area contributed by atoms with E-state index in [1.54, 1.807) is 0 Å². The second-order valence-corrected chi connectivity index (χ2v) is 15.0. The smallest absolute Gasteiger partial charge is 0.192 e. The molecule has 2 heteroatoms. The normalized spacial score (nSPS) is 18.1. The number of hydrogen-bond acceptors (Lipinski definition) is 1. The molecule has 0 N–H and O–H groups in total. The monoisotopic (exact) mass is 426 g/mol. The van der Waals surface area contributed by atoms with Gasteiger partial charge < -0.3 is 4.43 Å². The van der Waals surface area contributed by atoms with Crippen molar-refractivity contribution in [3.05, 3.63) is 107 Å². The van der Waals surface area contributed by atoms with Gasteiger partial charge in [-0.25, -0.2) is 0 Å². The molecule has 0 radical (unpaired) electrons. The summed E-state index contributed by atoms with van der Waals surface area (Å²) >= 11 is 0. The van der Waals surface area contributed by atoms with E-state index in [2.05, 4.69) is 120 Å². The molecule has 1 nitrogen and oxygen atoms in total. The summed E-state index contributed by atoms with van der Waals surface area (Å²) in [7, 11) is -1.95. The first kappa shape index (κ1) is 21.8. The third-order valence-electron chi connectivity index (χ3n) is 7.02. The molecule has 4 rings (SSSR count). The summed E-state index contributed by atoms with van der Waals surface area (Å²) in [5.74, 6) is 0. The summed E-state index contributed by atoms with van der Waals surface area (Å²) in [6, 6.07) is 28.4. The molecule has 31 heavy (non-hydrogen) atoms. The molecule has 160 valence electrons. The van der Waals surface area contributed by atoms with Gasteiger partial charge in [0.1, 0.15) is 0 Å². The maximum absolute atomic E-state index is 7.10. The van der Waals surface area contributed by atoms with E-state index in [-0.39, 0.29) is 11.1 Å². The van der Waals surface area contributed by atoms with Crippen LogP contribution in [0.25, 0.3) is 11.1 Å². The first-order valence-electron chi connectivity index (χ1n) is 11.3. The second-order valence-electron chi connectivity index (χ2n) is 10.2.